The maximum absolute atomic E-state index is 11.9. The van der Waals surface area contributed by atoms with Crippen LogP contribution in [-0.4, -0.2) is 54.2 Å². The molecular formula is C16H20N4O2. The number of morpholine rings is 1. The van der Waals surface area contributed by atoms with Crippen LogP contribution >= 0.6 is 0 Å². The zero-order valence-electron chi connectivity index (χ0n) is 13.0. The number of carbonyl (C=O) groups excluding carboxylic acids is 1. The van der Waals surface area contributed by atoms with Crippen molar-refractivity contribution in [3.63, 3.8) is 0 Å². The van der Waals surface area contributed by atoms with Gasteiger partial charge in [-0.15, -0.1) is 0 Å². The van der Waals surface area contributed by atoms with Crippen molar-refractivity contribution in [3.05, 3.63) is 23.4 Å². The fourth-order valence-electron chi connectivity index (χ4n) is 3.38. The molecule has 2 fully saturated rings. The van der Waals surface area contributed by atoms with E-state index in [1.54, 1.807) is 13.1 Å². The number of carbonyl (C=O) groups is 1. The number of nitrogens with zero attached hydrogens (tertiary/aromatic N) is 4. The van der Waals surface area contributed by atoms with Gasteiger partial charge in [0.1, 0.15) is 11.9 Å². The van der Waals surface area contributed by atoms with Crippen molar-refractivity contribution in [1.29, 1.82) is 5.26 Å². The van der Waals surface area contributed by atoms with Gasteiger partial charge in [-0.05, 0) is 25.0 Å². The van der Waals surface area contributed by atoms with Crippen molar-refractivity contribution in [2.75, 3.05) is 31.1 Å². The highest BCUT2D eigenvalue weighted by atomic mass is 16.5. The fourth-order valence-corrected chi connectivity index (χ4v) is 3.38. The number of hydrogen-bond acceptors (Lipinski definition) is 5. The Labute approximate surface area is 130 Å². The van der Waals surface area contributed by atoms with Gasteiger partial charge in [0.05, 0.1) is 24.3 Å². The second-order valence-corrected chi connectivity index (χ2v) is 5.86. The van der Waals surface area contributed by atoms with E-state index in [0.29, 0.717) is 25.3 Å². The van der Waals surface area contributed by atoms with Crippen LogP contribution in [0, 0.1) is 18.3 Å². The standard InChI is InChI=1S/C16H20N4O2/c1-11-3-5-18-16(13(11)9-17)19-6-4-15-14(10-19)20(12(2)21)7-8-22-15/h3,5,14-15H,4,6-8,10H2,1-2H3. The second-order valence-electron chi connectivity index (χ2n) is 5.86. The zero-order chi connectivity index (χ0) is 15.7. The molecule has 0 radical (unpaired) electrons. The smallest absolute Gasteiger partial charge is 0.219 e. The molecule has 1 amide bonds. The minimum Gasteiger partial charge on any atom is -0.374 e. The lowest BCUT2D eigenvalue weighted by atomic mass is 9.98. The van der Waals surface area contributed by atoms with Crippen LogP contribution in [0.5, 0.6) is 0 Å². The second kappa shape index (κ2) is 5.93. The van der Waals surface area contributed by atoms with Gasteiger partial charge in [0, 0.05) is 32.8 Å². The molecule has 0 N–H and O–H groups in total. The summed E-state index contributed by atoms with van der Waals surface area (Å²) < 4.78 is 5.82. The van der Waals surface area contributed by atoms with Crippen LogP contribution in [-0.2, 0) is 9.53 Å². The van der Waals surface area contributed by atoms with Crippen molar-refractivity contribution in [3.8, 4) is 6.07 Å². The molecule has 2 aliphatic heterocycles. The lowest BCUT2D eigenvalue weighted by Crippen LogP contribution is -2.61. The molecule has 0 aliphatic carbocycles. The van der Waals surface area contributed by atoms with E-state index in [-0.39, 0.29) is 18.1 Å². The molecule has 0 bridgehead atoms. The normalized spacial score (nSPS) is 24.6. The van der Waals surface area contributed by atoms with Gasteiger partial charge < -0.3 is 14.5 Å². The lowest BCUT2D eigenvalue weighted by Gasteiger charge is -2.47. The van der Waals surface area contributed by atoms with Crippen LogP contribution in [0.4, 0.5) is 5.82 Å². The third-order valence-electron chi connectivity index (χ3n) is 4.54. The van der Waals surface area contributed by atoms with Gasteiger partial charge in [0.2, 0.25) is 5.91 Å². The summed E-state index contributed by atoms with van der Waals surface area (Å²) in [6.45, 7) is 6.21. The molecule has 22 heavy (non-hydrogen) atoms. The number of anilines is 1. The first-order valence-corrected chi connectivity index (χ1v) is 7.61. The third-order valence-corrected chi connectivity index (χ3v) is 4.54. The monoisotopic (exact) mass is 300 g/mol. The average molecular weight is 300 g/mol. The quantitative estimate of drug-likeness (QED) is 0.776. The van der Waals surface area contributed by atoms with Crippen LogP contribution in [0.2, 0.25) is 0 Å². The van der Waals surface area contributed by atoms with E-state index >= 15 is 0 Å². The van der Waals surface area contributed by atoms with Gasteiger partial charge in [-0.2, -0.15) is 5.26 Å². The van der Waals surface area contributed by atoms with E-state index in [1.165, 1.54) is 0 Å². The minimum atomic E-state index is 0.0360. The number of amides is 1. The van der Waals surface area contributed by atoms with E-state index in [9.17, 15) is 10.1 Å². The molecule has 6 nitrogen and oxygen atoms in total. The van der Waals surface area contributed by atoms with Gasteiger partial charge in [-0.25, -0.2) is 4.98 Å². The Morgan fingerprint density at radius 3 is 3.05 bits per heavy atom. The molecule has 0 saturated carbocycles. The Morgan fingerprint density at radius 1 is 1.50 bits per heavy atom. The number of piperidine rings is 1. The molecule has 2 unspecified atom stereocenters. The zero-order valence-corrected chi connectivity index (χ0v) is 13.0. The SMILES string of the molecule is CC(=O)N1CCOC2CCN(c3nccc(C)c3C#N)CC21. The van der Waals surface area contributed by atoms with E-state index in [2.05, 4.69) is 16.0 Å². The third kappa shape index (κ3) is 2.53. The van der Waals surface area contributed by atoms with Crippen molar-refractivity contribution in [2.24, 2.45) is 0 Å². The molecular weight excluding hydrogens is 280 g/mol. The molecule has 3 heterocycles. The first kappa shape index (κ1) is 14.8. The summed E-state index contributed by atoms with van der Waals surface area (Å²) in [6.07, 6.45) is 2.66. The lowest BCUT2D eigenvalue weighted by molar-refractivity contribution is -0.145. The molecule has 0 spiro atoms. The van der Waals surface area contributed by atoms with Crippen molar-refractivity contribution in [2.45, 2.75) is 32.4 Å². The molecule has 0 aromatic carbocycles. The predicted octanol–water partition coefficient (Wildman–Crippen LogP) is 1.09. The Balaban J connectivity index is 1.88. The maximum atomic E-state index is 11.9. The van der Waals surface area contributed by atoms with Gasteiger partial charge in [0.25, 0.3) is 0 Å². The maximum Gasteiger partial charge on any atom is 0.219 e. The highest BCUT2D eigenvalue weighted by Gasteiger charge is 2.39. The van der Waals surface area contributed by atoms with E-state index < -0.39 is 0 Å². The number of pyridine rings is 1. The van der Waals surface area contributed by atoms with Gasteiger partial charge >= 0.3 is 0 Å². The van der Waals surface area contributed by atoms with Crippen LogP contribution in [0.1, 0.15) is 24.5 Å². The first-order chi connectivity index (χ1) is 10.6. The average Bonchev–Trinajstić information content (AvgIpc) is 2.53. The molecule has 1 aromatic heterocycles. The van der Waals surface area contributed by atoms with Gasteiger partial charge in [-0.1, -0.05) is 0 Å². The van der Waals surface area contributed by atoms with Crippen LogP contribution < -0.4 is 4.90 Å². The number of nitriles is 1. The number of fused-ring (bicyclic) bond motifs is 1. The number of aryl methyl sites for hydroxylation is 1. The van der Waals surface area contributed by atoms with E-state index in [4.69, 9.17) is 4.74 Å². The molecule has 2 aliphatic rings. The molecule has 1 aromatic rings. The fraction of sp³-hybridized carbons (Fsp3) is 0.562. The van der Waals surface area contributed by atoms with E-state index in [1.807, 2.05) is 17.9 Å². The first-order valence-electron chi connectivity index (χ1n) is 7.61. The highest BCUT2D eigenvalue weighted by molar-refractivity contribution is 5.74. The number of aromatic nitrogens is 1. The Kier molecular flexibility index (Phi) is 3.99. The summed E-state index contributed by atoms with van der Waals surface area (Å²) in [7, 11) is 0. The van der Waals surface area contributed by atoms with Crippen molar-refractivity contribution < 1.29 is 9.53 Å². The summed E-state index contributed by atoms with van der Waals surface area (Å²) in [5, 5.41) is 9.40. The Morgan fingerprint density at radius 2 is 2.32 bits per heavy atom. The van der Waals surface area contributed by atoms with Gasteiger partial charge in [0.15, 0.2) is 0 Å². The number of ether oxygens (including phenoxy) is 1. The summed E-state index contributed by atoms with van der Waals surface area (Å²) in [6, 6.07) is 4.13. The topological polar surface area (TPSA) is 69.5 Å². The van der Waals surface area contributed by atoms with Crippen LogP contribution in [0.15, 0.2) is 12.3 Å². The number of hydrogen-bond donors (Lipinski definition) is 0. The minimum absolute atomic E-state index is 0.0360. The molecule has 116 valence electrons. The largest absolute Gasteiger partial charge is 0.374 e. The molecule has 3 rings (SSSR count). The Bertz CT molecular complexity index is 625. The van der Waals surface area contributed by atoms with E-state index in [0.717, 1.165) is 24.3 Å². The molecule has 6 heteroatoms. The summed E-state index contributed by atoms with van der Waals surface area (Å²) >= 11 is 0. The van der Waals surface area contributed by atoms with Crippen molar-refractivity contribution >= 4 is 11.7 Å². The van der Waals surface area contributed by atoms with Crippen molar-refractivity contribution in [1.82, 2.24) is 9.88 Å². The van der Waals surface area contributed by atoms with Crippen LogP contribution in [0.25, 0.3) is 0 Å². The summed E-state index contributed by atoms with van der Waals surface area (Å²) in [5.41, 5.74) is 1.55. The molecule has 2 saturated heterocycles. The predicted molar refractivity (Wildman–Crippen MR) is 81.4 cm³/mol. The number of rotatable bonds is 1. The Hall–Kier alpha value is -2.13. The summed E-state index contributed by atoms with van der Waals surface area (Å²) in [5.74, 6) is 0.799. The highest BCUT2D eigenvalue weighted by Crippen LogP contribution is 2.28. The van der Waals surface area contributed by atoms with Gasteiger partial charge in [-0.3, -0.25) is 4.79 Å². The van der Waals surface area contributed by atoms with Crippen LogP contribution in [0.3, 0.4) is 0 Å². The summed E-state index contributed by atoms with van der Waals surface area (Å²) in [4.78, 5) is 20.3. The molecule has 2 atom stereocenters.